The predicted octanol–water partition coefficient (Wildman–Crippen LogP) is 3.45. The van der Waals surface area contributed by atoms with Crippen molar-refractivity contribution in [2.24, 2.45) is 0 Å². The summed E-state index contributed by atoms with van der Waals surface area (Å²) in [6, 6.07) is 4.46. The van der Waals surface area contributed by atoms with Crippen molar-refractivity contribution in [1.29, 1.82) is 0 Å². The second kappa shape index (κ2) is 3.77. The number of rotatable bonds is 1. The molecule has 0 unspecified atom stereocenters. The van der Waals surface area contributed by atoms with E-state index in [2.05, 4.69) is 20.9 Å². The van der Waals surface area contributed by atoms with Crippen molar-refractivity contribution >= 4 is 26.8 Å². The lowest BCUT2D eigenvalue weighted by atomic mass is 10.2. The number of hydrogen-bond acceptors (Lipinski definition) is 2. The predicted molar refractivity (Wildman–Crippen MR) is 60.7 cm³/mol. The largest absolute Gasteiger partial charge is 0.495 e. The van der Waals surface area contributed by atoms with E-state index in [1.165, 1.54) is 12.1 Å². The Kier molecular flexibility index (Phi) is 2.61. The standard InChI is InChI=1S/C11H9BrFNO/c1-6-10(12)11(15-2)8-5-7(13)3-4-9(8)14-6/h3-5H,1-2H3. The van der Waals surface area contributed by atoms with Crippen LogP contribution in [0.3, 0.4) is 0 Å². The maximum Gasteiger partial charge on any atom is 0.144 e. The molecule has 0 saturated carbocycles. The van der Waals surface area contributed by atoms with E-state index in [4.69, 9.17) is 4.74 Å². The Bertz CT molecular complexity index is 527. The van der Waals surface area contributed by atoms with E-state index >= 15 is 0 Å². The van der Waals surface area contributed by atoms with Gasteiger partial charge >= 0.3 is 0 Å². The van der Waals surface area contributed by atoms with E-state index in [1.54, 1.807) is 13.2 Å². The Morgan fingerprint density at radius 3 is 2.80 bits per heavy atom. The Balaban J connectivity index is 2.89. The fourth-order valence-corrected chi connectivity index (χ4v) is 1.96. The molecule has 2 nitrogen and oxygen atoms in total. The number of nitrogens with zero attached hydrogens (tertiary/aromatic N) is 1. The van der Waals surface area contributed by atoms with Gasteiger partial charge in [0.15, 0.2) is 0 Å². The third-order valence-corrected chi connectivity index (χ3v) is 3.15. The smallest absolute Gasteiger partial charge is 0.144 e. The van der Waals surface area contributed by atoms with Crippen LogP contribution in [-0.2, 0) is 0 Å². The molecule has 0 fully saturated rings. The van der Waals surface area contributed by atoms with Gasteiger partial charge in [-0.15, -0.1) is 0 Å². The second-order valence-electron chi connectivity index (χ2n) is 3.21. The first-order valence-corrected chi connectivity index (χ1v) is 5.22. The molecule has 0 aliphatic rings. The molecule has 1 aromatic carbocycles. The molecular formula is C11H9BrFNO. The van der Waals surface area contributed by atoms with Crippen molar-refractivity contribution in [3.63, 3.8) is 0 Å². The molecule has 2 rings (SSSR count). The lowest BCUT2D eigenvalue weighted by Gasteiger charge is -2.09. The monoisotopic (exact) mass is 269 g/mol. The number of fused-ring (bicyclic) bond motifs is 1. The molecule has 0 aliphatic carbocycles. The van der Waals surface area contributed by atoms with Crippen LogP contribution in [0.25, 0.3) is 10.9 Å². The van der Waals surface area contributed by atoms with Crippen molar-refractivity contribution in [3.8, 4) is 5.75 Å². The van der Waals surface area contributed by atoms with E-state index in [1.807, 2.05) is 6.92 Å². The molecule has 0 radical (unpaired) electrons. The molecule has 0 bridgehead atoms. The maximum atomic E-state index is 13.1. The van der Waals surface area contributed by atoms with Crippen LogP contribution >= 0.6 is 15.9 Å². The number of methoxy groups -OCH3 is 1. The van der Waals surface area contributed by atoms with Crippen LogP contribution in [-0.4, -0.2) is 12.1 Å². The number of aromatic nitrogens is 1. The fraction of sp³-hybridized carbons (Fsp3) is 0.182. The summed E-state index contributed by atoms with van der Waals surface area (Å²) in [6.07, 6.45) is 0. The molecule has 15 heavy (non-hydrogen) atoms. The Labute approximate surface area is 95.2 Å². The van der Waals surface area contributed by atoms with Gasteiger partial charge in [0.05, 0.1) is 22.8 Å². The quantitative estimate of drug-likeness (QED) is 0.791. The second-order valence-corrected chi connectivity index (χ2v) is 4.00. The molecule has 0 N–H and O–H groups in total. The highest BCUT2D eigenvalue weighted by atomic mass is 79.9. The topological polar surface area (TPSA) is 22.1 Å². The lowest BCUT2D eigenvalue weighted by Crippen LogP contribution is -1.93. The van der Waals surface area contributed by atoms with Crippen LogP contribution in [0.1, 0.15) is 5.69 Å². The normalized spacial score (nSPS) is 10.7. The minimum atomic E-state index is -0.293. The van der Waals surface area contributed by atoms with E-state index in [-0.39, 0.29) is 5.82 Å². The highest BCUT2D eigenvalue weighted by Gasteiger charge is 2.11. The summed E-state index contributed by atoms with van der Waals surface area (Å²) in [7, 11) is 1.56. The van der Waals surface area contributed by atoms with Crippen molar-refractivity contribution in [2.45, 2.75) is 6.92 Å². The average molecular weight is 270 g/mol. The van der Waals surface area contributed by atoms with Gasteiger partial charge in [0, 0.05) is 5.39 Å². The molecule has 1 aromatic heterocycles. The molecule has 0 spiro atoms. The minimum absolute atomic E-state index is 0.293. The van der Waals surface area contributed by atoms with Gasteiger partial charge < -0.3 is 4.74 Å². The number of hydrogen-bond donors (Lipinski definition) is 0. The van der Waals surface area contributed by atoms with Crippen LogP contribution in [0, 0.1) is 12.7 Å². The van der Waals surface area contributed by atoms with Crippen molar-refractivity contribution in [3.05, 3.63) is 34.2 Å². The Morgan fingerprint density at radius 1 is 1.40 bits per heavy atom. The molecule has 2 aromatic rings. The zero-order valence-corrected chi connectivity index (χ0v) is 9.93. The number of aryl methyl sites for hydroxylation is 1. The summed E-state index contributed by atoms with van der Waals surface area (Å²) < 4.78 is 19.1. The van der Waals surface area contributed by atoms with Crippen LogP contribution < -0.4 is 4.74 Å². The van der Waals surface area contributed by atoms with Crippen LogP contribution in [0.2, 0.25) is 0 Å². The summed E-state index contributed by atoms with van der Waals surface area (Å²) in [5.41, 5.74) is 1.56. The van der Waals surface area contributed by atoms with Gasteiger partial charge in [0.25, 0.3) is 0 Å². The number of halogens is 2. The van der Waals surface area contributed by atoms with Gasteiger partial charge in [-0.2, -0.15) is 0 Å². The summed E-state index contributed by atoms with van der Waals surface area (Å²) in [5, 5.41) is 0.676. The van der Waals surface area contributed by atoms with Gasteiger partial charge in [-0.05, 0) is 41.1 Å². The third-order valence-electron chi connectivity index (χ3n) is 2.21. The summed E-state index contributed by atoms with van der Waals surface area (Å²) in [5.74, 6) is 0.329. The molecule has 1 heterocycles. The van der Waals surface area contributed by atoms with Gasteiger partial charge in [-0.25, -0.2) is 4.39 Å². The number of benzene rings is 1. The SMILES string of the molecule is COc1c(Br)c(C)nc2ccc(F)cc12. The first-order valence-electron chi connectivity index (χ1n) is 4.43. The molecule has 78 valence electrons. The van der Waals surface area contributed by atoms with Crippen LogP contribution in [0.15, 0.2) is 22.7 Å². The van der Waals surface area contributed by atoms with E-state index in [0.29, 0.717) is 11.1 Å². The molecular weight excluding hydrogens is 261 g/mol. The van der Waals surface area contributed by atoms with Crippen LogP contribution in [0.4, 0.5) is 4.39 Å². The maximum absolute atomic E-state index is 13.1. The average Bonchev–Trinajstić information content (AvgIpc) is 2.21. The van der Waals surface area contributed by atoms with Crippen molar-refractivity contribution < 1.29 is 9.13 Å². The zero-order chi connectivity index (χ0) is 11.0. The van der Waals surface area contributed by atoms with Gasteiger partial charge in [0.1, 0.15) is 11.6 Å². The van der Waals surface area contributed by atoms with Crippen LogP contribution in [0.5, 0.6) is 5.75 Å². The van der Waals surface area contributed by atoms with Crippen molar-refractivity contribution in [2.75, 3.05) is 7.11 Å². The molecule has 0 amide bonds. The van der Waals surface area contributed by atoms with Crippen molar-refractivity contribution in [1.82, 2.24) is 4.98 Å². The van der Waals surface area contributed by atoms with Gasteiger partial charge in [0.2, 0.25) is 0 Å². The molecule has 0 atom stereocenters. The van der Waals surface area contributed by atoms with Gasteiger partial charge in [-0.3, -0.25) is 4.98 Å². The molecule has 0 aliphatic heterocycles. The van der Waals surface area contributed by atoms with Gasteiger partial charge in [-0.1, -0.05) is 0 Å². The Hall–Kier alpha value is -1.16. The molecule has 0 saturated heterocycles. The zero-order valence-electron chi connectivity index (χ0n) is 8.34. The van der Waals surface area contributed by atoms with E-state index in [0.717, 1.165) is 15.7 Å². The first kappa shape index (κ1) is 10.4. The highest BCUT2D eigenvalue weighted by Crippen LogP contribution is 2.34. The van der Waals surface area contributed by atoms with E-state index < -0.39 is 0 Å². The summed E-state index contributed by atoms with van der Waals surface area (Å²) >= 11 is 3.38. The lowest BCUT2D eigenvalue weighted by molar-refractivity contribution is 0.416. The fourth-order valence-electron chi connectivity index (χ4n) is 1.50. The summed E-state index contributed by atoms with van der Waals surface area (Å²) in [6.45, 7) is 1.87. The number of pyridine rings is 1. The molecule has 4 heteroatoms. The Morgan fingerprint density at radius 2 is 2.13 bits per heavy atom. The first-order chi connectivity index (χ1) is 7.13. The highest BCUT2D eigenvalue weighted by molar-refractivity contribution is 9.10. The van der Waals surface area contributed by atoms with E-state index in [9.17, 15) is 4.39 Å². The number of ether oxygens (including phenoxy) is 1. The minimum Gasteiger partial charge on any atom is -0.495 e. The summed E-state index contributed by atoms with van der Waals surface area (Å²) in [4.78, 5) is 4.33. The third kappa shape index (κ3) is 1.69.